The third-order valence-electron chi connectivity index (χ3n) is 5.95. The molecule has 0 radical (unpaired) electrons. The van der Waals surface area contributed by atoms with Crippen molar-refractivity contribution in [3.8, 4) is 10.6 Å². The molecule has 0 bridgehead atoms. The van der Waals surface area contributed by atoms with Crippen LogP contribution in [0.1, 0.15) is 60.3 Å². The van der Waals surface area contributed by atoms with Crippen LogP contribution in [0.5, 0.6) is 0 Å². The first kappa shape index (κ1) is 19.5. The van der Waals surface area contributed by atoms with Crippen LogP contribution in [0.2, 0.25) is 0 Å². The normalized spacial score (nSPS) is 21.5. The highest BCUT2D eigenvalue weighted by molar-refractivity contribution is 7.17. The smallest absolute Gasteiger partial charge is 0.266 e. The molecule has 28 heavy (non-hydrogen) atoms. The summed E-state index contributed by atoms with van der Waals surface area (Å²) in [5.74, 6) is 0.171. The molecule has 0 aromatic carbocycles. The number of carbonyl (C=O) groups excluding carboxylic acids is 1. The van der Waals surface area contributed by atoms with Crippen LogP contribution in [0.4, 0.5) is 0 Å². The molecule has 0 aliphatic carbocycles. The van der Waals surface area contributed by atoms with E-state index in [0.717, 1.165) is 47.1 Å². The number of aromatic nitrogens is 2. The number of amides is 1. The molecule has 0 N–H and O–H groups in total. The lowest BCUT2D eigenvalue weighted by Crippen LogP contribution is -2.49. The summed E-state index contributed by atoms with van der Waals surface area (Å²) in [6.45, 7) is 6.22. The average molecular weight is 399 g/mol. The van der Waals surface area contributed by atoms with E-state index in [1.54, 1.807) is 6.20 Å². The molecule has 150 valence electrons. The van der Waals surface area contributed by atoms with Crippen LogP contribution in [-0.4, -0.2) is 57.9 Å². The van der Waals surface area contributed by atoms with Crippen LogP contribution < -0.4 is 0 Å². The molecule has 2 fully saturated rings. The Balaban J connectivity index is 1.51. The van der Waals surface area contributed by atoms with Gasteiger partial charge in [0.1, 0.15) is 9.88 Å². The van der Waals surface area contributed by atoms with Crippen molar-refractivity contribution < 1.29 is 4.79 Å². The molecule has 4 rings (SSSR count). The monoisotopic (exact) mass is 398 g/mol. The van der Waals surface area contributed by atoms with Gasteiger partial charge in [-0.2, -0.15) is 0 Å². The summed E-state index contributed by atoms with van der Waals surface area (Å²) < 4.78 is 0. The summed E-state index contributed by atoms with van der Waals surface area (Å²) in [5.41, 5.74) is 1.82. The lowest BCUT2D eigenvalue weighted by atomic mass is 10.0. The average Bonchev–Trinajstić information content (AvgIpc) is 2.94. The highest BCUT2D eigenvalue weighted by Gasteiger charge is 2.31. The second-order valence-corrected chi connectivity index (χ2v) is 9.04. The van der Waals surface area contributed by atoms with Gasteiger partial charge in [0.2, 0.25) is 0 Å². The molecule has 1 amide bonds. The predicted molar refractivity (Wildman–Crippen MR) is 114 cm³/mol. The fourth-order valence-corrected chi connectivity index (χ4v) is 5.42. The SMILES string of the molecule is Cc1nc(-c2cccnc2)sc1C(=O)N1CCCC[C@H]1CN1CCCCCC1. The van der Waals surface area contributed by atoms with Crippen LogP contribution in [0, 0.1) is 6.92 Å². The first-order valence-electron chi connectivity index (χ1n) is 10.6. The van der Waals surface area contributed by atoms with E-state index < -0.39 is 0 Å². The lowest BCUT2D eigenvalue weighted by molar-refractivity contribution is 0.0551. The van der Waals surface area contributed by atoms with Crippen LogP contribution in [0.15, 0.2) is 24.5 Å². The first-order valence-corrected chi connectivity index (χ1v) is 11.4. The number of aryl methyl sites for hydroxylation is 1. The summed E-state index contributed by atoms with van der Waals surface area (Å²) in [5, 5.41) is 0.884. The van der Waals surface area contributed by atoms with Crippen LogP contribution in [0.25, 0.3) is 10.6 Å². The summed E-state index contributed by atoms with van der Waals surface area (Å²) in [6.07, 6.45) is 12.3. The maximum Gasteiger partial charge on any atom is 0.266 e. The summed E-state index contributed by atoms with van der Waals surface area (Å²) in [7, 11) is 0. The number of carbonyl (C=O) groups is 1. The lowest BCUT2D eigenvalue weighted by Gasteiger charge is -2.38. The quantitative estimate of drug-likeness (QED) is 0.767. The standard InChI is InChI=1S/C22H30N4OS/c1-17-20(28-21(24-17)18-9-8-11-23-15-18)22(27)26-14-7-4-10-19(26)16-25-12-5-2-3-6-13-25/h8-9,11,15,19H,2-7,10,12-14,16H2,1H3/t19-/m0/s1. The fraction of sp³-hybridized carbons (Fsp3) is 0.591. The highest BCUT2D eigenvalue weighted by atomic mass is 32.1. The number of nitrogens with zero attached hydrogens (tertiary/aromatic N) is 4. The predicted octanol–water partition coefficient (Wildman–Crippen LogP) is 4.38. The molecule has 2 aliphatic heterocycles. The molecule has 1 atom stereocenters. The van der Waals surface area contributed by atoms with Gasteiger partial charge in [0, 0.05) is 37.1 Å². The Morgan fingerprint density at radius 3 is 2.68 bits per heavy atom. The zero-order chi connectivity index (χ0) is 19.3. The summed E-state index contributed by atoms with van der Waals surface area (Å²) in [4.78, 5) is 27.8. The van der Waals surface area contributed by atoms with E-state index in [-0.39, 0.29) is 5.91 Å². The molecule has 0 spiro atoms. The molecule has 5 nitrogen and oxygen atoms in total. The van der Waals surface area contributed by atoms with Crippen molar-refractivity contribution in [2.75, 3.05) is 26.2 Å². The summed E-state index contributed by atoms with van der Waals surface area (Å²) >= 11 is 1.51. The molecular formula is C22H30N4OS. The number of piperidine rings is 1. The molecule has 2 saturated heterocycles. The molecule has 2 aromatic rings. The zero-order valence-electron chi connectivity index (χ0n) is 16.8. The van der Waals surface area contributed by atoms with Crippen molar-refractivity contribution in [1.82, 2.24) is 19.8 Å². The Morgan fingerprint density at radius 2 is 1.93 bits per heavy atom. The third kappa shape index (κ3) is 4.44. The second-order valence-electron chi connectivity index (χ2n) is 8.04. The van der Waals surface area contributed by atoms with Gasteiger partial charge in [-0.25, -0.2) is 4.98 Å². The number of pyridine rings is 1. The molecule has 6 heteroatoms. The van der Waals surface area contributed by atoms with E-state index in [4.69, 9.17) is 0 Å². The number of likely N-dealkylation sites (tertiary alicyclic amines) is 2. The fourth-order valence-electron chi connectivity index (χ4n) is 4.41. The minimum absolute atomic E-state index is 0.171. The molecule has 0 saturated carbocycles. The van der Waals surface area contributed by atoms with Gasteiger partial charge >= 0.3 is 0 Å². The Hall–Kier alpha value is -1.79. The van der Waals surface area contributed by atoms with Crippen molar-refractivity contribution in [1.29, 1.82) is 0 Å². The third-order valence-corrected chi connectivity index (χ3v) is 7.15. The van der Waals surface area contributed by atoms with Crippen molar-refractivity contribution in [3.05, 3.63) is 35.1 Å². The van der Waals surface area contributed by atoms with Crippen molar-refractivity contribution >= 4 is 17.2 Å². The van der Waals surface area contributed by atoms with E-state index in [9.17, 15) is 4.79 Å². The van der Waals surface area contributed by atoms with Gasteiger partial charge in [0.15, 0.2) is 0 Å². The van der Waals surface area contributed by atoms with E-state index in [2.05, 4.69) is 19.8 Å². The summed E-state index contributed by atoms with van der Waals surface area (Å²) in [6, 6.07) is 4.25. The van der Waals surface area contributed by atoms with Gasteiger partial charge in [0.05, 0.1) is 5.69 Å². The highest BCUT2D eigenvalue weighted by Crippen LogP contribution is 2.30. The van der Waals surface area contributed by atoms with Crippen LogP contribution in [-0.2, 0) is 0 Å². The minimum Gasteiger partial charge on any atom is -0.334 e. The van der Waals surface area contributed by atoms with Gasteiger partial charge < -0.3 is 9.80 Å². The number of hydrogen-bond acceptors (Lipinski definition) is 5. The Bertz CT molecular complexity index is 783. The minimum atomic E-state index is 0.171. The molecule has 2 aromatic heterocycles. The van der Waals surface area contributed by atoms with Gasteiger partial charge in [-0.3, -0.25) is 9.78 Å². The van der Waals surface area contributed by atoms with Gasteiger partial charge in [-0.05, 0) is 64.3 Å². The molecule has 4 heterocycles. The Labute approximate surface area is 171 Å². The first-order chi connectivity index (χ1) is 13.7. The van der Waals surface area contributed by atoms with Gasteiger partial charge in [-0.15, -0.1) is 11.3 Å². The molecule has 0 unspecified atom stereocenters. The maximum absolute atomic E-state index is 13.4. The zero-order valence-corrected chi connectivity index (χ0v) is 17.6. The van der Waals surface area contributed by atoms with Crippen LogP contribution in [0.3, 0.4) is 0 Å². The van der Waals surface area contributed by atoms with E-state index in [0.29, 0.717) is 6.04 Å². The largest absolute Gasteiger partial charge is 0.334 e. The van der Waals surface area contributed by atoms with Crippen molar-refractivity contribution in [2.45, 2.75) is 57.9 Å². The maximum atomic E-state index is 13.4. The van der Waals surface area contributed by atoms with Crippen molar-refractivity contribution in [2.24, 2.45) is 0 Å². The van der Waals surface area contributed by atoms with E-state index in [1.165, 1.54) is 56.5 Å². The van der Waals surface area contributed by atoms with Gasteiger partial charge in [-0.1, -0.05) is 12.8 Å². The number of thiazole rings is 1. The molecular weight excluding hydrogens is 368 g/mol. The number of hydrogen-bond donors (Lipinski definition) is 0. The van der Waals surface area contributed by atoms with E-state index in [1.807, 2.05) is 25.3 Å². The van der Waals surface area contributed by atoms with Crippen molar-refractivity contribution in [3.63, 3.8) is 0 Å². The van der Waals surface area contributed by atoms with E-state index >= 15 is 0 Å². The Morgan fingerprint density at radius 1 is 1.14 bits per heavy atom. The number of rotatable bonds is 4. The molecule has 2 aliphatic rings. The van der Waals surface area contributed by atoms with Crippen LogP contribution >= 0.6 is 11.3 Å². The topological polar surface area (TPSA) is 49.3 Å². The Kier molecular flexibility index (Phi) is 6.37. The second kappa shape index (κ2) is 9.14. The van der Waals surface area contributed by atoms with Gasteiger partial charge in [0.25, 0.3) is 5.91 Å².